The Labute approximate surface area is 66.2 Å². The molecule has 0 unspecified atom stereocenters. The van der Waals surface area contributed by atoms with Crippen LogP contribution in [0.25, 0.3) is 0 Å². The highest BCUT2D eigenvalue weighted by molar-refractivity contribution is 4.92. The molecule has 0 aliphatic rings. The lowest BCUT2D eigenvalue weighted by molar-refractivity contribution is 0.175. The molecule has 0 fully saturated rings. The maximum atomic E-state index is 4.98. The van der Waals surface area contributed by atoms with E-state index in [9.17, 15) is 0 Å². The van der Waals surface area contributed by atoms with Gasteiger partial charge in [-0.2, -0.15) is 0 Å². The minimum Gasteiger partial charge on any atom is -0.378 e. The second kappa shape index (κ2) is 3.48. The van der Waals surface area contributed by atoms with Crippen LogP contribution in [0.15, 0.2) is 6.20 Å². The summed E-state index contributed by atoms with van der Waals surface area (Å²) in [6.45, 7) is 4.70. The van der Waals surface area contributed by atoms with Gasteiger partial charge in [0.2, 0.25) is 0 Å². The van der Waals surface area contributed by atoms with Gasteiger partial charge in [-0.3, -0.25) is 0 Å². The molecule has 1 rings (SSSR count). The van der Waals surface area contributed by atoms with Gasteiger partial charge in [-0.05, 0) is 13.8 Å². The molecule has 1 aromatic rings. The third-order valence-corrected chi connectivity index (χ3v) is 1.43. The zero-order chi connectivity index (χ0) is 8.27. The maximum Gasteiger partial charge on any atom is 0.0897 e. The summed E-state index contributed by atoms with van der Waals surface area (Å²) in [7, 11) is 1.66. The van der Waals surface area contributed by atoms with Crippen LogP contribution in [0.3, 0.4) is 0 Å². The molecule has 1 heterocycles. The molecular formula is C7H13N3O. The number of hydrogen-bond donors (Lipinski definition) is 0. The average Bonchev–Trinajstić information content (AvgIpc) is 2.36. The highest BCUT2D eigenvalue weighted by Gasteiger charge is 2.05. The van der Waals surface area contributed by atoms with Crippen molar-refractivity contribution in [2.45, 2.75) is 26.5 Å². The van der Waals surface area contributed by atoms with Crippen molar-refractivity contribution in [1.82, 2.24) is 15.0 Å². The van der Waals surface area contributed by atoms with E-state index in [0.29, 0.717) is 12.6 Å². The van der Waals surface area contributed by atoms with E-state index in [1.165, 1.54) is 0 Å². The van der Waals surface area contributed by atoms with Crippen molar-refractivity contribution >= 4 is 0 Å². The van der Waals surface area contributed by atoms with Gasteiger partial charge in [-0.25, -0.2) is 4.68 Å². The quantitative estimate of drug-likeness (QED) is 0.654. The summed E-state index contributed by atoms with van der Waals surface area (Å²) in [4.78, 5) is 0. The van der Waals surface area contributed by atoms with Gasteiger partial charge in [0.25, 0.3) is 0 Å². The Kier molecular flexibility index (Phi) is 2.59. The predicted octanol–water partition coefficient (Wildman–Crippen LogP) is 1.01. The zero-order valence-corrected chi connectivity index (χ0v) is 7.11. The molecule has 0 radical (unpaired) electrons. The summed E-state index contributed by atoms with van der Waals surface area (Å²) in [5.41, 5.74) is 1.02. The highest BCUT2D eigenvalue weighted by atomic mass is 16.5. The third-order valence-electron chi connectivity index (χ3n) is 1.43. The smallest absolute Gasteiger partial charge is 0.0897 e. The first-order chi connectivity index (χ1) is 5.25. The SMILES string of the molecule is COCc1cnnn1C(C)C. The standard InChI is InChI=1S/C7H13N3O/c1-6(2)10-7(5-11-3)4-8-9-10/h4,6H,5H2,1-3H3. The lowest BCUT2D eigenvalue weighted by Gasteiger charge is -2.07. The molecule has 1 aromatic heterocycles. The first-order valence-corrected chi connectivity index (χ1v) is 3.63. The minimum atomic E-state index is 0.350. The van der Waals surface area contributed by atoms with Gasteiger partial charge in [-0.1, -0.05) is 5.21 Å². The average molecular weight is 155 g/mol. The van der Waals surface area contributed by atoms with E-state index in [1.54, 1.807) is 13.3 Å². The normalized spacial score (nSPS) is 10.9. The van der Waals surface area contributed by atoms with Gasteiger partial charge in [0, 0.05) is 13.2 Å². The molecule has 0 aliphatic carbocycles. The molecule has 4 heteroatoms. The second-order valence-corrected chi connectivity index (χ2v) is 2.70. The Morgan fingerprint density at radius 1 is 1.64 bits per heavy atom. The summed E-state index contributed by atoms with van der Waals surface area (Å²) in [5.74, 6) is 0. The molecule has 0 aromatic carbocycles. The molecule has 11 heavy (non-hydrogen) atoms. The predicted molar refractivity (Wildman–Crippen MR) is 41.1 cm³/mol. The van der Waals surface area contributed by atoms with Crippen LogP contribution < -0.4 is 0 Å². The van der Waals surface area contributed by atoms with E-state index in [4.69, 9.17) is 4.74 Å². The third kappa shape index (κ3) is 1.77. The van der Waals surface area contributed by atoms with Gasteiger partial charge in [0.15, 0.2) is 0 Å². The molecule has 0 amide bonds. The van der Waals surface area contributed by atoms with Crippen LogP contribution in [0, 0.1) is 0 Å². The Hall–Kier alpha value is -0.900. The van der Waals surface area contributed by atoms with E-state index < -0.39 is 0 Å². The van der Waals surface area contributed by atoms with Crippen molar-refractivity contribution < 1.29 is 4.74 Å². The number of rotatable bonds is 3. The Balaban J connectivity index is 2.78. The minimum absolute atomic E-state index is 0.350. The zero-order valence-electron chi connectivity index (χ0n) is 7.11. The molecule has 4 nitrogen and oxygen atoms in total. The summed E-state index contributed by atoms with van der Waals surface area (Å²) in [5, 5.41) is 7.72. The van der Waals surface area contributed by atoms with E-state index in [2.05, 4.69) is 24.2 Å². The van der Waals surface area contributed by atoms with Crippen molar-refractivity contribution in [3.8, 4) is 0 Å². The van der Waals surface area contributed by atoms with Crippen molar-refractivity contribution in [2.75, 3.05) is 7.11 Å². The van der Waals surface area contributed by atoms with Crippen LogP contribution >= 0.6 is 0 Å². The summed E-state index contributed by atoms with van der Waals surface area (Å²) in [6.07, 6.45) is 1.73. The number of methoxy groups -OCH3 is 1. The van der Waals surface area contributed by atoms with Crippen molar-refractivity contribution in [2.24, 2.45) is 0 Å². The van der Waals surface area contributed by atoms with Crippen LogP contribution in [0.2, 0.25) is 0 Å². The van der Waals surface area contributed by atoms with Crippen LogP contribution in [0.4, 0.5) is 0 Å². The summed E-state index contributed by atoms with van der Waals surface area (Å²) < 4.78 is 6.83. The van der Waals surface area contributed by atoms with E-state index in [1.807, 2.05) is 4.68 Å². The fraction of sp³-hybridized carbons (Fsp3) is 0.714. The Bertz CT molecular complexity index is 219. The molecule has 0 saturated carbocycles. The van der Waals surface area contributed by atoms with Crippen LogP contribution in [0.1, 0.15) is 25.6 Å². The van der Waals surface area contributed by atoms with E-state index in [0.717, 1.165) is 5.69 Å². The maximum absolute atomic E-state index is 4.98. The molecule has 0 saturated heterocycles. The van der Waals surface area contributed by atoms with Gasteiger partial charge >= 0.3 is 0 Å². The first kappa shape index (κ1) is 8.20. The Morgan fingerprint density at radius 2 is 2.36 bits per heavy atom. The lowest BCUT2D eigenvalue weighted by Crippen LogP contribution is -2.07. The molecule has 0 spiro atoms. The van der Waals surface area contributed by atoms with Crippen molar-refractivity contribution in [3.63, 3.8) is 0 Å². The number of aromatic nitrogens is 3. The van der Waals surface area contributed by atoms with Gasteiger partial charge in [0.05, 0.1) is 18.5 Å². The van der Waals surface area contributed by atoms with Crippen molar-refractivity contribution in [3.05, 3.63) is 11.9 Å². The monoisotopic (exact) mass is 155 g/mol. The molecule has 62 valence electrons. The van der Waals surface area contributed by atoms with Crippen LogP contribution in [-0.4, -0.2) is 22.1 Å². The van der Waals surface area contributed by atoms with E-state index >= 15 is 0 Å². The van der Waals surface area contributed by atoms with E-state index in [-0.39, 0.29) is 0 Å². The molecule has 0 atom stereocenters. The number of ether oxygens (including phenoxy) is 1. The summed E-state index contributed by atoms with van der Waals surface area (Å²) in [6, 6.07) is 0.350. The lowest BCUT2D eigenvalue weighted by atomic mass is 10.4. The number of nitrogens with zero attached hydrogens (tertiary/aromatic N) is 3. The first-order valence-electron chi connectivity index (χ1n) is 3.63. The van der Waals surface area contributed by atoms with Gasteiger partial charge in [0.1, 0.15) is 0 Å². The molecule has 0 aliphatic heterocycles. The fourth-order valence-corrected chi connectivity index (χ4v) is 0.951. The second-order valence-electron chi connectivity index (χ2n) is 2.70. The van der Waals surface area contributed by atoms with Gasteiger partial charge < -0.3 is 4.74 Å². The molecule has 0 N–H and O–H groups in total. The topological polar surface area (TPSA) is 39.9 Å². The Morgan fingerprint density at radius 3 is 2.91 bits per heavy atom. The van der Waals surface area contributed by atoms with Gasteiger partial charge in [-0.15, -0.1) is 5.10 Å². The molecular weight excluding hydrogens is 142 g/mol. The fourth-order valence-electron chi connectivity index (χ4n) is 0.951. The molecule has 0 bridgehead atoms. The largest absolute Gasteiger partial charge is 0.378 e. The van der Waals surface area contributed by atoms with Crippen molar-refractivity contribution in [1.29, 1.82) is 0 Å². The van der Waals surface area contributed by atoms with Crippen LogP contribution in [0.5, 0.6) is 0 Å². The summed E-state index contributed by atoms with van der Waals surface area (Å²) >= 11 is 0. The van der Waals surface area contributed by atoms with Crippen LogP contribution in [-0.2, 0) is 11.3 Å². The highest BCUT2D eigenvalue weighted by Crippen LogP contribution is 2.06. The number of hydrogen-bond acceptors (Lipinski definition) is 3.